The molecule has 0 radical (unpaired) electrons. The number of ether oxygens (including phenoxy) is 1. The Kier molecular flexibility index (Phi) is 5.55. The number of Topliss-reactive ketones (excluding diaryl/α,β-unsaturated/α-hetero) is 1. The molecule has 1 rings (SSSR count). The van der Waals surface area contributed by atoms with Crippen LogP contribution in [0.5, 0.6) is 5.75 Å². The van der Waals surface area contributed by atoms with Gasteiger partial charge in [-0.25, -0.2) is 0 Å². The Hall–Kier alpha value is -2.04. The van der Waals surface area contributed by atoms with Gasteiger partial charge in [0.15, 0.2) is 11.9 Å². The van der Waals surface area contributed by atoms with E-state index in [2.05, 4.69) is 0 Å². The number of carbonyl (C=O) groups excluding carboxylic acids is 2. The highest BCUT2D eigenvalue weighted by Gasteiger charge is 2.21. The zero-order chi connectivity index (χ0) is 15.3. The maximum Gasteiger partial charge on any atom is 0.263 e. The van der Waals surface area contributed by atoms with Crippen molar-refractivity contribution in [1.29, 1.82) is 0 Å². The fraction of sp³-hybridized carbons (Fsp3) is 0.467. The Morgan fingerprint density at radius 3 is 2.40 bits per heavy atom. The third-order valence-corrected chi connectivity index (χ3v) is 3.11. The molecule has 0 heterocycles. The summed E-state index contributed by atoms with van der Waals surface area (Å²) >= 11 is 0. The van der Waals surface area contributed by atoms with E-state index >= 15 is 0 Å². The van der Waals surface area contributed by atoms with E-state index in [0.29, 0.717) is 30.1 Å². The molecule has 0 spiro atoms. The van der Waals surface area contributed by atoms with Crippen molar-refractivity contribution in [3.05, 3.63) is 23.8 Å². The van der Waals surface area contributed by atoms with Crippen molar-refractivity contribution in [2.45, 2.75) is 33.8 Å². The summed E-state index contributed by atoms with van der Waals surface area (Å²) in [6.45, 7) is 8.21. The molecule has 1 aromatic carbocycles. The van der Waals surface area contributed by atoms with E-state index in [9.17, 15) is 9.59 Å². The molecule has 5 heteroatoms. The van der Waals surface area contributed by atoms with Crippen molar-refractivity contribution in [2.75, 3.05) is 18.8 Å². The number of nitrogen functional groups attached to an aromatic ring is 1. The van der Waals surface area contributed by atoms with E-state index in [1.165, 1.54) is 6.92 Å². The number of anilines is 1. The zero-order valence-electron chi connectivity index (χ0n) is 12.5. The SMILES string of the molecule is CCN(CC)C(=O)C(C)Oc1ccc(N)cc1C(C)=O. The standard InChI is InChI=1S/C15H22N2O3/c1-5-17(6-2)15(19)11(4)20-14-8-7-12(16)9-13(14)10(3)18/h7-9,11H,5-6,16H2,1-4H3. The molecule has 20 heavy (non-hydrogen) atoms. The van der Waals surface area contributed by atoms with Crippen LogP contribution in [0.15, 0.2) is 18.2 Å². The van der Waals surface area contributed by atoms with Crippen LogP contribution in [0, 0.1) is 0 Å². The van der Waals surface area contributed by atoms with Gasteiger partial charge in [0, 0.05) is 18.8 Å². The summed E-state index contributed by atoms with van der Waals surface area (Å²) in [6, 6.07) is 4.83. The van der Waals surface area contributed by atoms with Crippen molar-refractivity contribution >= 4 is 17.4 Å². The molecule has 1 unspecified atom stereocenters. The fourth-order valence-electron chi connectivity index (χ4n) is 1.96. The molecule has 5 nitrogen and oxygen atoms in total. The number of benzene rings is 1. The van der Waals surface area contributed by atoms with E-state index < -0.39 is 6.10 Å². The second kappa shape index (κ2) is 6.93. The van der Waals surface area contributed by atoms with Gasteiger partial charge in [-0.2, -0.15) is 0 Å². The minimum atomic E-state index is -0.642. The summed E-state index contributed by atoms with van der Waals surface area (Å²) < 4.78 is 5.64. The van der Waals surface area contributed by atoms with Crippen molar-refractivity contribution < 1.29 is 14.3 Å². The quantitative estimate of drug-likeness (QED) is 0.639. The lowest BCUT2D eigenvalue weighted by molar-refractivity contribution is -0.137. The average molecular weight is 278 g/mol. The van der Waals surface area contributed by atoms with Crippen molar-refractivity contribution in [3.63, 3.8) is 0 Å². The maximum absolute atomic E-state index is 12.1. The minimum Gasteiger partial charge on any atom is -0.480 e. The summed E-state index contributed by atoms with van der Waals surface area (Å²) in [7, 11) is 0. The van der Waals surface area contributed by atoms with Gasteiger partial charge < -0.3 is 15.4 Å². The molecule has 0 saturated carbocycles. The third kappa shape index (κ3) is 3.73. The molecule has 0 fully saturated rings. The Morgan fingerprint density at radius 2 is 1.90 bits per heavy atom. The summed E-state index contributed by atoms with van der Waals surface area (Å²) in [5.41, 5.74) is 6.55. The minimum absolute atomic E-state index is 0.0960. The lowest BCUT2D eigenvalue weighted by atomic mass is 10.1. The Bertz CT molecular complexity index is 496. The highest BCUT2D eigenvalue weighted by molar-refractivity contribution is 5.97. The lowest BCUT2D eigenvalue weighted by Crippen LogP contribution is -2.40. The first-order chi connectivity index (χ1) is 9.40. The first-order valence-corrected chi connectivity index (χ1v) is 6.76. The van der Waals surface area contributed by atoms with E-state index in [-0.39, 0.29) is 11.7 Å². The monoisotopic (exact) mass is 278 g/mol. The predicted molar refractivity (Wildman–Crippen MR) is 78.9 cm³/mol. The molecule has 0 aliphatic heterocycles. The number of carbonyl (C=O) groups is 2. The van der Waals surface area contributed by atoms with Gasteiger partial charge in [0.25, 0.3) is 5.91 Å². The summed E-state index contributed by atoms with van der Waals surface area (Å²) in [4.78, 5) is 25.4. The van der Waals surface area contributed by atoms with Crippen LogP contribution in [-0.2, 0) is 4.79 Å². The second-order valence-corrected chi connectivity index (χ2v) is 4.58. The Morgan fingerprint density at radius 1 is 1.30 bits per heavy atom. The van der Waals surface area contributed by atoms with Crippen molar-refractivity contribution in [1.82, 2.24) is 4.90 Å². The van der Waals surface area contributed by atoms with Crippen LogP contribution in [0.3, 0.4) is 0 Å². The molecule has 1 amide bonds. The van der Waals surface area contributed by atoms with Crippen LogP contribution in [0.1, 0.15) is 38.1 Å². The molecule has 110 valence electrons. The third-order valence-electron chi connectivity index (χ3n) is 3.11. The summed E-state index contributed by atoms with van der Waals surface area (Å²) in [6.07, 6.45) is -0.642. The number of hydrogen-bond acceptors (Lipinski definition) is 4. The molecule has 0 aromatic heterocycles. The van der Waals surface area contributed by atoms with Gasteiger partial charge in [0.2, 0.25) is 0 Å². The molecule has 1 atom stereocenters. The van der Waals surface area contributed by atoms with Crippen LogP contribution in [0.4, 0.5) is 5.69 Å². The van der Waals surface area contributed by atoms with E-state index in [0.717, 1.165) is 0 Å². The summed E-state index contributed by atoms with van der Waals surface area (Å²) in [5, 5.41) is 0. The average Bonchev–Trinajstić information content (AvgIpc) is 2.41. The highest BCUT2D eigenvalue weighted by Crippen LogP contribution is 2.23. The predicted octanol–water partition coefficient (Wildman–Crippen LogP) is 2.11. The van der Waals surface area contributed by atoms with Gasteiger partial charge in [-0.1, -0.05) is 0 Å². The van der Waals surface area contributed by atoms with E-state index in [1.807, 2.05) is 13.8 Å². The molecule has 0 bridgehead atoms. The molecular formula is C15H22N2O3. The number of ketones is 1. The maximum atomic E-state index is 12.1. The smallest absolute Gasteiger partial charge is 0.263 e. The number of rotatable bonds is 6. The Balaban J connectivity index is 2.93. The fourth-order valence-corrected chi connectivity index (χ4v) is 1.96. The lowest BCUT2D eigenvalue weighted by Gasteiger charge is -2.24. The summed E-state index contributed by atoms with van der Waals surface area (Å²) in [5.74, 6) is 0.149. The molecule has 0 aliphatic rings. The van der Waals surface area contributed by atoms with Crippen LogP contribution in [0.2, 0.25) is 0 Å². The Labute approximate surface area is 119 Å². The number of amides is 1. The van der Waals surface area contributed by atoms with Crippen LogP contribution in [-0.4, -0.2) is 35.8 Å². The molecular weight excluding hydrogens is 256 g/mol. The first-order valence-electron chi connectivity index (χ1n) is 6.76. The van der Waals surface area contributed by atoms with Gasteiger partial charge >= 0.3 is 0 Å². The van der Waals surface area contributed by atoms with E-state index in [1.54, 1.807) is 30.0 Å². The normalized spacial score (nSPS) is 11.8. The van der Waals surface area contributed by atoms with Gasteiger partial charge in [0.05, 0.1) is 5.56 Å². The largest absolute Gasteiger partial charge is 0.480 e. The van der Waals surface area contributed by atoms with Gasteiger partial charge in [0.1, 0.15) is 5.75 Å². The molecule has 0 aliphatic carbocycles. The number of likely N-dealkylation sites (N-methyl/N-ethyl adjacent to an activating group) is 1. The number of hydrogen-bond donors (Lipinski definition) is 1. The van der Waals surface area contributed by atoms with Gasteiger partial charge in [-0.3, -0.25) is 9.59 Å². The second-order valence-electron chi connectivity index (χ2n) is 4.58. The molecule has 0 saturated heterocycles. The zero-order valence-corrected chi connectivity index (χ0v) is 12.5. The number of nitrogens with two attached hydrogens (primary N) is 1. The molecule has 2 N–H and O–H groups in total. The van der Waals surface area contributed by atoms with Crippen LogP contribution in [0.25, 0.3) is 0 Å². The number of nitrogens with zero attached hydrogens (tertiary/aromatic N) is 1. The van der Waals surface area contributed by atoms with Gasteiger partial charge in [-0.15, -0.1) is 0 Å². The van der Waals surface area contributed by atoms with Crippen molar-refractivity contribution in [2.24, 2.45) is 0 Å². The highest BCUT2D eigenvalue weighted by atomic mass is 16.5. The topological polar surface area (TPSA) is 72.6 Å². The van der Waals surface area contributed by atoms with E-state index in [4.69, 9.17) is 10.5 Å². The molecule has 1 aromatic rings. The van der Waals surface area contributed by atoms with Gasteiger partial charge in [-0.05, 0) is 45.9 Å². The van der Waals surface area contributed by atoms with Crippen LogP contribution < -0.4 is 10.5 Å². The first kappa shape index (κ1) is 16.0. The van der Waals surface area contributed by atoms with Crippen molar-refractivity contribution in [3.8, 4) is 5.75 Å². The van der Waals surface area contributed by atoms with Crippen LogP contribution >= 0.6 is 0 Å².